The maximum absolute atomic E-state index is 9.39. The second-order valence-corrected chi connectivity index (χ2v) is 3.83. The maximum Gasteiger partial charge on any atom is 0.115 e. The Balaban J connectivity index is 2.17. The van der Waals surface area contributed by atoms with Gasteiger partial charge in [0.05, 0.1) is 0 Å². The van der Waals surface area contributed by atoms with Gasteiger partial charge in [-0.1, -0.05) is 12.1 Å². The van der Waals surface area contributed by atoms with Crippen molar-refractivity contribution in [3.05, 3.63) is 53.9 Å². The van der Waals surface area contributed by atoms with Crippen LogP contribution in [0.5, 0.6) is 5.75 Å². The quantitative estimate of drug-likeness (QED) is 0.819. The summed E-state index contributed by atoms with van der Waals surface area (Å²) in [5.41, 5.74) is 2.35. The molecule has 84 valence electrons. The molecule has 2 N–H and O–H groups in total. The first-order chi connectivity index (χ1) is 7.79. The molecule has 0 fully saturated rings. The first kappa shape index (κ1) is 10.8. The van der Waals surface area contributed by atoms with Crippen LogP contribution in [-0.4, -0.2) is 16.7 Å². The summed E-state index contributed by atoms with van der Waals surface area (Å²) in [6.45, 7) is 1.64. The van der Waals surface area contributed by atoms with Crippen LogP contribution in [-0.2, 0) is 13.1 Å². The number of phenolic OH excluding ortho intramolecular Hbond substituents is 1. The molecule has 16 heavy (non-hydrogen) atoms. The third-order valence-corrected chi connectivity index (χ3v) is 2.54. The topological polar surface area (TPSA) is 37.2 Å². The fourth-order valence-corrected chi connectivity index (χ4v) is 1.80. The van der Waals surface area contributed by atoms with Crippen LogP contribution in [0.25, 0.3) is 0 Å². The molecule has 3 nitrogen and oxygen atoms in total. The predicted octanol–water partition coefficient (Wildman–Crippen LogP) is 1.96. The van der Waals surface area contributed by atoms with E-state index < -0.39 is 0 Å². The molecule has 2 rings (SSSR count). The Bertz CT molecular complexity index is 462. The number of aromatic hydroxyl groups is 1. The molecule has 0 aliphatic carbocycles. The molecule has 0 aliphatic heterocycles. The van der Waals surface area contributed by atoms with E-state index in [0.717, 1.165) is 18.7 Å². The normalized spacial score (nSPS) is 10.6. The minimum absolute atomic E-state index is 0.319. The van der Waals surface area contributed by atoms with Gasteiger partial charge in [-0.2, -0.15) is 0 Å². The highest BCUT2D eigenvalue weighted by atomic mass is 16.3. The molecule has 0 aliphatic rings. The van der Waals surface area contributed by atoms with E-state index >= 15 is 0 Å². The molecule has 0 radical (unpaired) electrons. The zero-order valence-corrected chi connectivity index (χ0v) is 9.35. The van der Waals surface area contributed by atoms with E-state index in [1.165, 1.54) is 5.69 Å². The van der Waals surface area contributed by atoms with Crippen LogP contribution < -0.4 is 5.32 Å². The molecule has 0 spiro atoms. The monoisotopic (exact) mass is 216 g/mol. The van der Waals surface area contributed by atoms with Crippen molar-refractivity contribution in [2.45, 2.75) is 13.1 Å². The van der Waals surface area contributed by atoms with Gasteiger partial charge in [-0.25, -0.2) is 0 Å². The van der Waals surface area contributed by atoms with Gasteiger partial charge in [-0.05, 0) is 36.9 Å². The lowest BCUT2D eigenvalue weighted by Crippen LogP contribution is -2.11. The van der Waals surface area contributed by atoms with Crippen LogP contribution in [0.3, 0.4) is 0 Å². The number of nitrogens with zero attached hydrogens (tertiary/aromatic N) is 1. The van der Waals surface area contributed by atoms with Crippen LogP contribution >= 0.6 is 0 Å². The number of aromatic nitrogens is 1. The summed E-state index contributed by atoms with van der Waals surface area (Å²) in [5, 5.41) is 12.5. The first-order valence-electron chi connectivity index (χ1n) is 5.36. The van der Waals surface area contributed by atoms with Gasteiger partial charge in [0.15, 0.2) is 0 Å². The Morgan fingerprint density at radius 1 is 1.25 bits per heavy atom. The minimum Gasteiger partial charge on any atom is -0.508 e. The average Bonchev–Trinajstić information content (AvgIpc) is 2.66. The molecule has 0 unspecified atom stereocenters. The number of nitrogens with one attached hydrogen (secondary N) is 1. The van der Waals surface area contributed by atoms with Crippen LogP contribution in [0.2, 0.25) is 0 Å². The molecular formula is C13H16N2O. The van der Waals surface area contributed by atoms with Gasteiger partial charge in [0.1, 0.15) is 5.75 Å². The van der Waals surface area contributed by atoms with E-state index in [9.17, 15) is 5.11 Å². The van der Waals surface area contributed by atoms with Gasteiger partial charge < -0.3 is 15.0 Å². The third-order valence-electron chi connectivity index (χ3n) is 2.54. The molecule has 0 bridgehead atoms. The van der Waals surface area contributed by atoms with Gasteiger partial charge in [-0.15, -0.1) is 0 Å². The Kier molecular flexibility index (Phi) is 3.27. The van der Waals surface area contributed by atoms with Crippen molar-refractivity contribution in [2.24, 2.45) is 0 Å². The molecule has 0 atom stereocenters. The number of rotatable bonds is 4. The number of hydrogen-bond donors (Lipinski definition) is 2. The van der Waals surface area contributed by atoms with Crippen molar-refractivity contribution in [3.63, 3.8) is 0 Å². The largest absolute Gasteiger partial charge is 0.508 e. The van der Waals surface area contributed by atoms with Crippen molar-refractivity contribution in [1.82, 2.24) is 9.88 Å². The summed E-state index contributed by atoms with van der Waals surface area (Å²) in [4.78, 5) is 0. The van der Waals surface area contributed by atoms with Crippen molar-refractivity contribution >= 4 is 0 Å². The molecule has 1 aromatic heterocycles. The Hall–Kier alpha value is -1.74. The predicted molar refractivity (Wildman–Crippen MR) is 64.4 cm³/mol. The van der Waals surface area contributed by atoms with Crippen LogP contribution in [0.1, 0.15) is 11.3 Å². The van der Waals surface area contributed by atoms with Crippen molar-refractivity contribution in [2.75, 3.05) is 7.05 Å². The van der Waals surface area contributed by atoms with Crippen molar-refractivity contribution < 1.29 is 5.11 Å². The van der Waals surface area contributed by atoms with E-state index in [0.29, 0.717) is 5.75 Å². The summed E-state index contributed by atoms with van der Waals surface area (Å²) < 4.78 is 2.17. The van der Waals surface area contributed by atoms with Gasteiger partial charge in [-0.3, -0.25) is 0 Å². The lowest BCUT2D eigenvalue weighted by molar-refractivity contribution is 0.474. The standard InChI is InChI=1S/C13H16N2O/c1-14-9-12-5-3-7-15(12)10-11-4-2-6-13(16)8-11/h2-8,14,16H,9-10H2,1H3. The number of benzene rings is 1. The SMILES string of the molecule is CNCc1cccn1Cc1cccc(O)c1. The lowest BCUT2D eigenvalue weighted by Gasteiger charge is -2.09. The van der Waals surface area contributed by atoms with Gasteiger partial charge >= 0.3 is 0 Å². The summed E-state index contributed by atoms with van der Waals surface area (Å²) >= 11 is 0. The zero-order valence-electron chi connectivity index (χ0n) is 9.35. The van der Waals surface area contributed by atoms with E-state index in [4.69, 9.17) is 0 Å². The fourth-order valence-electron chi connectivity index (χ4n) is 1.80. The summed E-state index contributed by atoms with van der Waals surface area (Å²) in [7, 11) is 1.94. The Morgan fingerprint density at radius 3 is 2.88 bits per heavy atom. The van der Waals surface area contributed by atoms with Gasteiger partial charge in [0.25, 0.3) is 0 Å². The molecule has 0 saturated carbocycles. The van der Waals surface area contributed by atoms with Crippen LogP contribution in [0.15, 0.2) is 42.6 Å². The van der Waals surface area contributed by atoms with Crippen molar-refractivity contribution in [3.8, 4) is 5.75 Å². The van der Waals surface area contributed by atoms with Gasteiger partial charge in [0.2, 0.25) is 0 Å². The molecule has 2 aromatic rings. The van der Waals surface area contributed by atoms with Crippen LogP contribution in [0, 0.1) is 0 Å². The average molecular weight is 216 g/mol. The second-order valence-electron chi connectivity index (χ2n) is 3.83. The molecule has 0 amide bonds. The number of hydrogen-bond acceptors (Lipinski definition) is 2. The van der Waals surface area contributed by atoms with E-state index in [1.54, 1.807) is 12.1 Å². The first-order valence-corrected chi connectivity index (χ1v) is 5.36. The highest BCUT2D eigenvalue weighted by Gasteiger charge is 2.01. The fraction of sp³-hybridized carbons (Fsp3) is 0.231. The number of phenols is 1. The smallest absolute Gasteiger partial charge is 0.115 e. The van der Waals surface area contributed by atoms with Gasteiger partial charge in [0, 0.05) is 25.0 Å². The Labute approximate surface area is 95.3 Å². The summed E-state index contributed by atoms with van der Waals surface area (Å²) in [6, 6.07) is 11.5. The summed E-state index contributed by atoms with van der Waals surface area (Å²) in [6.07, 6.45) is 2.05. The Morgan fingerprint density at radius 2 is 2.12 bits per heavy atom. The maximum atomic E-state index is 9.39. The summed E-state index contributed by atoms with van der Waals surface area (Å²) in [5.74, 6) is 0.319. The molecule has 0 saturated heterocycles. The third kappa shape index (κ3) is 2.44. The van der Waals surface area contributed by atoms with E-state index in [-0.39, 0.29) is 0 Å². The lowest BCUT2D eigenvalue weighted by atomic mass is 10.2. The molecule has 1 aromatic carbocycles. The van der Waals surface area contributed by atoms with E-state index in [2.05, 4.69) is 22.1 Å². The van der Waals surface area contributed by atoms with Crippen molar-refractivity contribution in [1.29, 1.82) is 0 Å². The van der Waals surface area contributed by atoms with E-state index in [1.807, 2.05) is 25.2 Å². The molecular weight excluding hydrogens is 200 g/mol. The highest BCUT2D eigenvalue weighted by Crippen LogP contribution is 2.13. The minimum atomic E-state index is 0.319. The zero-order chi connectivity index (χ0) is 11.4. The molecule has 1 heterocycles. The van der Waals surface area contributed by atoms with Crippen LogP contribution in [0.4, 0.5) is 0 Å². The highest BCUT2D eigenvalue weighted by molar-refractivity contribution is 5.27. The molecule has 3 heteroatoms. The second kappa shape index (κ2) is 4.86.